The second kappa shape index (κ2) is 6.70. The van der Waals surface area contributed by atoms with Gasteiger partial charge in [-0.2, -0.15) is 0 Å². The van der Waals surface area contributed by atoms with Gasteiger partial charge in [-0.25, -0.2) is 0 Å². The predicted molar refractivity (Wildman–Crippen MR) is 95.3 cm³/mol. The Kier molecular flexibility index (Phi) is 5.16. The summed E-state index contributed by atoms with van der Waals surface area (Å²) in [6, 6.07) is 17.7. The van der Waals surface area contributed by atoms with Crippen molar-refractivity contribution in [1.82, 2.24) is 0 Å². The Morgan fingerprint density at radius 3 is 2.19 bits per heavy atom. The van der Waals surface area contributed by atoms with Gasteiger partial charge in [0.1, 0.15) is 0 Å². The molecule has 0 aromatic heterocycles. The molecule has 0 bridgehead atoms. The molecule has 0 aliphatic carbocycles. The Morgan fingerprint density at radius 1 is 0.952 bits per heavy atom. The van der Waals surface area contributed by atoms with Crippen molar-refractivity contribution >= 4 is 11.8 Å². The number of rotatable bonds is 4. The minimum Gasteiger partial charge on any atom is -0.129 e. The van der Waals surface area contributed by atoms with Crippen molar-refractivity contribution in [3.05, 3.63) is 65.2 Å². The summed E-state index contributed by atoms with van der Waals surface area (Å²) in [5.41, 5.74) is 4.56. The highest BCUT2D eigenvalue weighted by molar-refractivity contribution is 7.98. The summed E-state index contributed by atoms with van der Waals surface area (Å²) in [5, 5.41) is 0. The lowest BCUT2D eigenvalue weighted by Crippen LogP contribution is -2.16. The molecular weight excluding hydrogens is 272 g/mol. The molecule has 2 aromatic carbocycles. The van der Waals surface area contributed by atoms with Crippen LogP contribution in [0.15, 0.2) is 53.4 Å². The fourth-order valence-electron chi connectivity index (χ4n) is 2.53. The quantitative estimate of drug-likeness (QED) is 0.610. The minimum absolute atomic E-state index is 0.288. The highest BCUT2D eigenvalue weighted by Crippen LogP contribution is 2.39. The van der Waals surface area contributed by atoms with Gasteiger partial charge in [0.25, 0.3) is 0 Å². The summed E-state index contributed by atoms with van der Waals surface area (Å²) < 4.78 is 0. The summed E-state index contributed by atoms with van der Waals surface area (Å²) in [5.74, 6) is 0.552. The van der Waals surface area contributed by atoms with Crippen LogP contribution in [-0.4, -0.2) is 6.26 Å². The predicted octanol–water partition coefficient (Wildman–Crippen LogP) is 6.15. The first-order valence-corrected chi connectivity index (χ1v) is 8.85. The Balaban J connectivity index is 2.34. The molecule has 0 aliphatic heterocycles. The van der Waals surface area contributed by atoms with Crippen molar-refractivity contribution in [1.29, 1.82) is 0 Å². The first-order chi connectivity index (χ1) is 9.91. The molecule has 1 heteroatoms. The average molecular weight is 298 g/mol. The Labute approximate surface area is 134 Å². The molecule has 0 saturated heterocycles. The van der Waals surface area contributed by atoms with Gasteiger partial charge in [0, 0.05) is 4.90 Å². The number of hydrogen-bond acceptors (Lipinski definition) is 1. The van der Waals surface area contributed by atoms with Crippen molar-refractivity contribution in [2.24, 2.45) is 5.41 Å². The lowest BCUT2D eigenvalue weighted by molar-refractivity contribution is 0.336. The van der Waals surface area contributed by atoms with Crippen LogP contribution in [0.25, 0.3) is 0 Å². The van der Waals surface area contributed by atoms with Gasteiger partial charge < -0.3 is 0 Å². The van der Waals surface area contributed by atoms with E-state index in [4.69, 9.17) is 0 Å². The molecule has 0 radical (unpaired) electrons. The van der Waals surface area contributed by atoms with Gasteiger partial charge in [0.05, 0.1) is 0 Å². The second-order valence-corrected chi connectivity index (χ2v) is 7.67. The highest BCUT2D eigenvalue weighted by Gasteiger charge is 2.24. The fourth-order valence-corrected chi connectivity index (χ4v) is 3.21. The van der Waals surface area contributed by atoms with Gasteiger partial charge >= 0.3 is 0 Å². The van der Waals surface area contributed by atoms with E-state index in [0.717, 1.165) is 6.42 Å². The van der Waals surface area contributed by atoms with Crippen LogP contribution in [0.1, 0.15) is 50.3 Å². The molecule has 1 atom stereocenters. The van der Waals surface area contributed by atoms with Crippen LogP contribution in [0, 0.1) is 5.41 Å². The Morgan fingerprint density at radius 2 is 1.62 bits per heavy atom. The third-order valence-electron chi connectivity index (χ3n) is 4.31. The largest absolute Gasteiger partial charge is 0.129 e. The van der Waals surface area contributed by atoms with Crippen LogP contribution < -0.4 is 0 Å². The topological polar surface area (TPSA) is 0 Å². The zero-order valence-electron chi connectivity index (χ0n) is 13.8. The van der Waals surface area contributed by atoms with E-state index in [-0.39, 0.29) is 5.41 Å². The van der Waals surface area contributed by atoms with Crippen molar-refractivity contribution in [2.75, 3.05) is 6.26 Å². The Bertz CT molecular complexity index is 579. The zero-order chi connectivity index (χ0) is 15.5. The van der Waals surface area contributed by atoms with Crippen LogP contribution in [-0.2, 0) is 6.42 Å². The number of benzene rings is 2. The van der Waals surface area contributed by atoms with Gasteiger partial charge in [-0.1, -0.05) is 70.2 Å². The third-order valence-corrected chi connectivity index (χ3v) is 5.12. The molecule has 112 valence electrons. The molecule has 0 aliphatic rings. The summed E-state index contributed by atoms with van der Waals surface area (Å²) >= 11 is 1.85. The molecule has 0 heterocycles. The van der Waals surface area contributed by atoms with Gasteiger partial charge in [-0.05, 0) is 46.8 Å². The molecule has 0 spiro atoms. The second-order valence-electron chi connectivity index (χ2n) is 6.83. The smallest absolute Gasteiger partial charge is 0.0104 e. The van der Waals surface area contributed by atoms with E-state index in [9.17, 15) is 0 Å². The van der Waals surface area contributed by atoms with Crippen molar-refractivity contribution in [2.45, 2.75) is 44.9 Å². The minimum atomic E-state index is 0.288. The molecule has 21 heavy (non-hydrogen) atoms. The van der Waals surface area contributed by atoms with E-state index in [1.54, 1.807) is 0 Å². The normalized spacial score (nSPS) is 13.2. The van der Waals surface area contributed by atoms with Crippen molar-refractivity contribution < 1.29 is 0 Å². The lowest BCUT2D eigenvalue weighted by Gasteiger charge is -2.29. The van der Waals surface area contributed by atoms with E-state index >= 15 is 0 Å². The third kappa shape index (κ3) is 4.14. The fraction of sp³-hybridized carbons (Fsp3) is 0.400. The van der Waals surface area contributed by atoms with Crippen LogP contribution in [0.3, 0.4) is 0 Å². The monoisotopic (exact) mass is 298 g/mol. The summed E-state index contributed by atoms with van der Waals surface area (Å²) in [7, 11) is 0. The zero-order valence-corrected chi connectivity index (χ0v) is 14.6. The first kappa shape index (κ1) is 16.2. The molecular formula is C20H26S. The van der Waals surface area contributed by atoms with Crippen LogP contribution >= 0.6 is 11.8 Å². The SMILES string of the molecule is CSc1ccc(Cc2ccccc2)cc1C(C)C(C)(C)C. The summed E-state index contributed by atoms with van der Waals surface area (Å²) in [4.78, 5) is 1.41. The molecule has 1 unspecified atom stereocenters. The van der Waals surface area contributed by atoms with Crippen LogP contribution in [0.5, 0.6) is 0 Å². The van der Waals surface area contributed by atoms with Gasteiger partial charge in [-0.15, -0.1) is 11.8 Å². The molecule has 0 fully saturated rings. The van der Waals surface area contributed by atoms with Crippen LogP contribution in [0.4, 0.5) is 0 Å². The van der Waals surface area contributed by atoms with Crippen molar-refractivity contribution in [3.63, 3.8) is 0 Å². The molecule has 0 amide bonds. The molecule has 2 aromatic rings. The maximum Gasteiger partial charge on any atom is 0.0104 e. The van der Waals surface area contributed by atoms with E-state index in [0.29, 0.717) is 5.92 Å². The standard InChI is InChI=1S/C20H26S/c1-15(20(2,3)4)18-14-17(11-12-19(18)21-5)13-16-9-7-6-8-10-16/h6-12,14-15H,13H2,1-5H3. The molecule has 0 saturated carbocycles. The van der Waals surface area contributed by atoms with Gasteiger partial charge in [0.2, 0.25) is 0 Å². The van der Waals surface area contributed by atoms with Gasteiger partial charge in [-0.3, -0.25) is 0 Å². The van der Waals surface area contributed by atoms with Crippen molar-refractivity contribution in [3.8, 4) is 0 Å². The van der Waals surface area contributed by atoms with Crippen LogP contribution in [0.2, 0.25) is 0 Å². The van der Waals surface area contributed by atoms with E-state index in [2.05, 4.69) is 82.5 Å². The van der Waals surface area contributed by atoms with E-state index < -0.39 is 0 Å². The maximum atomic E-state index is 2.41. The summed E-state index contributed by atoms with van der Waals surface area (Å²) in [6.45, 7) is 9.32. The lowest BCUT2D eigenvalue weighted by atomic mass is 9.77. The summed E-state index contributed by atoms with van der Waals surface area (Å²) in [6.07, 6.45) is 3.18. The van der Waals surface area contributed by atoms with E-state index in [1.165, 1.54) is 21.6 Å². The number of thioether (sulfide) groups is 1. The highest BCUT2D eigenvalue weighted by atomic mass is 32.2. The van der Waals surface area contributed by atoms with Gasteiger partial charge in [0.15, 0.2) is 0 Å². The molecule has 2 rings (SSSR count). The average Bonchev–Trinajstić information content (AvgIpc) is 2.46. The maximum absolute atomic E-state index is 2.41. The molecule has 0 nitrogen and oxygen atoms in total. The Hall–Kier alpha value is -1.21. The molecule has 0 N–H and O–H groups in total. The first-order valence-electron chi connectivity index (χ1n) is 7.62. The van der Waals surface area contributed by atoms with E-state index in [1.807, 2.05) is 11.8 Å². The number of hydrogen-bond donors (Lipinski definition) is 0.